The maximum atomic E-state index is 12.5. The summed E-state index contributed by atoms with van der Waals surface area (Å²) in [5.74, 6) is 0.284. The molecule has 0 radical (unpaired) electrons. The molecule has 0 aromatic heterocycles. The lowest BCUT2D eigenvalue weighted by Gasteiger charge is -2.26. The summed E-state index contributed by atoms with van der Waals surface area (Å²) >= 11 is 0. The molecule has 0 saturated carbocycles. The first-order valence-corrected chi connectivity index (χ1v) is 6.54. The average molecular weight is 253 g/mol. The molecule has 3 heteroatoms. The number of rotatable bonds is 1. The summed E-state index contributed by atoms with van der Waals surface area (Å²) in [5, 5.41) is 2.05. The van der Waals surface area contributed by atoms with Crippen LogP contribution in [0.2, 0.25) is 0 Å². The van der Waals surface area contributed by atoms with Gasteiger partial charge in [-0.2, -0.15) is 0 Å². The number of likely N-dealkylation sites (tertiary alicyclic amines) is 1. The fourth-order valence-corrected chi connectivity index (χ4v) is 2.54. The molecule has 96 valence electrons. The average Bonchev–Trinajstić information content (AvgIpc) is 2.47. The first kappa shape index (κ1) is 11.9. The summed E-state index contributed by atoms with van der Waals surface area (Å²) in [4.78, 5) is 25.6. The van der Waals surface area contributed by atoms with E-state index in [1.807, 2.05) is 42.5 Å². The van der Waals surface area contributed by atoms with E-state index in [2.05, 4.69) is 0 Å². The fourth-order valence-electron chi connectivity index (χ4n) is 2.54. The maximum Gasteiger partial charge on any atom is 0.254 e. The van der Waals surface area contributed by atoms with Gasteiger partial charge in [0.1, 0.15) is 5.78 Å². The zero-order valence-corrected chi connectivity index (χ0v) is 10.6. The van der Waals surface area contributed by atoms with E-state index < -0.39 is 0 Å². The van der Waals surface area contributed by atoms with Crippen LogP contribution in [0.4, 0.5) is 0 Å². The summed E-state index contributed by atoms with van der Waals surface area (Å²) in [6.07, 6.45) is 0.965. The van der Waals surface area contributed by atoms with Crippen LogP contribution >= 0.6 is 0 Å². The second-order valence-electron chi connectivity index (χ2n) is 4.86. The van der Waals surface area contributed by atoms with E-state index in [1.165, 1.54) is 0 Å². The summed E-state index contributed by atoms with van der Waals surface area (Å²) < 4.78 is 0. The summed E-state index contributed by atoms with van der Waals surface area (Å²) in [5.41, 5.74) is 0.729. The van der Waals surface area contributed by atoms with Gasteiger partial charge in [-0.15, -0.1) is 0 Å². The lowest BCUT2D eigenvalue weighted by molar-refractivity contribution is -0.120. The van der Waals surface area contributed by atoms with Crippen molar-refractivity contribution in [1.82, 2.24) is 4.90 Å². The fraction of sp³-hybridized carbons (Fsp3) is 0.250. The number of hydrogen-bond donors (Lipinski definition) is 0. The molecule has 0 N–H and O–H groups in total. The molecule has 0 bridgehead atoms. The Bertz CT molecular complexity index is 633. The highest BCUT2D eigenvalue weighted by Gasteiger charge is 2.22. The molecular weight excluding hydrogens is 238 g/mol. The number of carbonyl (C=O) groups excluding carboxylic acids is 2. The van der Waals surface area contributed by atoms with E-state index in [9.17, 15) is 9.59 Å². The van der Waals surface area contributed by atoms with Gasteiger partial charge in [-0.25, -0.2) is 0 Å². The van der Waals surface area contributed by atoms with Crippen molar-refractivity contribution in [2.45, 2.75) is 12.8 Å². The molecule has 1 amide bonds. The Kier molecular flexibility index (Phi) is 3.03. The molecular formula is C16H15NO2. The van der Waals surface area contributed by atoms with Gasteiger partial charge in [0.2, 0.25) is 0 Å². The number of Topliss-reactive ketones (excluding diaryl/α,β-unsaturated/α-hetero) is 1. The second kappa shape index (κ2) is 4.84. The normalized spacial score (nSPS) is 15.8. The number of ketones is 1. The predicted octanol–water partition coefficient (Wildman–Crippen LogP) is 2.64. The van der Waals surface area contributed by atoms with Crippen molar-refractivity contribution in [1.29, 1.82) is 0 Å². The third-order valence-electron chi connectivity index (χ3n) is 3.63. The van der Waals surface area contributed by atoms with Crippen LogP contribution in [0.25, 0.3) is 10.8 Å². The number of piperidine rings is 1. The molecule has 1 saturated heterocycles. The number of nitrogens with zero attached hydrogens (tertiary/aromatic N) is 1. The minimum atomic E-state index is 0.0318. The lowest BCUT2D eigenvalue weighted by atomic mass is 10.0. The number of carbonyl (C=O) groups is 2. The molecule has 3 rings (SSSR count). The molecule has 3 nitrogen and oxygen atoms in total. The van der Waals surface area contributed by atoms with Crippen LogP contribution in [0.3, 0.4) is 0 Å². The van der Waals surface area contributed by atoms with Gasteiger partial charge in [0.05, 0.1) is 0 Å². The van der Waals surface area contributed by atoms with Crippen molar-refractivity contribution >= 4 is 22.5 Å². The Morgan fingerprint density at radius 1 is 0.947 bits per heavy atom. The first-order valence-electron chi connectivity index (χ1n) is 6.54. The van der Waals surface area contributed by atoms with Crippen LogP contribution in [0, 0.1) is 0 Å². The van der Waals surface area contributed by atoms with Gasteiger partial charge in [-0.3, -0.25) is 9.59 Å². The van der Waals surface area contributed by atoms with Crippen LogP contribution in [0.15, 0.2) is 42.5 Å². The Morgan fingerprint density at radius 3 is 2.42 bits per heavy atom. The molecule has 0 spiro atoms. The van der Waals surface area contributed by atoms with Gasteiger partial charge in [-0.1, -0.05) is 36.4 Å². The van der Waals surface area contributed by atoms with E-state index in [0.717, 1.165) is 16.3 Å². The Morgan fingerprint density at radius 2 is 1.63 bits per heavy atom. The smallest absolute Gasteiger partial charge is 0.254 e. The summed E-state index contributed by atoms with van der Waals surface area (Å²) in [7, 11) is 0. The minimum absolute atomic E-state index is 0.0318. The maximum absolute atomic E-state index is 12.5. The van der Waals surface area contributed by atoms with Crippen LogP contribution in [0.1, 0.15) is 23.2 Å². The number of hydrogen-bond acceptors (Lipinski definition) is 2. The third kappa shape index (κ3) is 2.24. The molecule has 0 atom stereocenters. The van der Waals surface area contributed by atoms with Gasteiger partial charge in [0.15, 0.2) is 0 Å². The van der Waals surface area contributed by atoms with Gasteiger partial charge >= 0.3 is 0 Å². The van der Waals surface area contributed by atoms with Crippen molar-refractivity contribution in [2.24, 2.45) is 0 Å². The zero-order valence-electron chi connectivity index (χ0n) is 10.6. The van der Waals surface area contributed by atoms with Crippen LogP contribution in [-0.4, -0.2) is 29.7 Å². The molecule has 1 fully saturated rings. The quantitative estimate of drug-likeness (QED) is 0.783. The first-order chi connectivity index (χ1) is 9.25. The number of amides is 1. The second-order valence-corrected chi connectivity index (χ2v) is 4.86. The zero-order chi connectivity index (χ0) is 13.2. The molecule has 1 heterocycles. The van der Waals surface area contributed by atoms with E-state index in [0.29, 0.717) is 25.9 Å². The van der Waals surface area contributed by atoms with Gasteiger partial charge in [0, 0.05) is 31.5 Å². The lowest BCUT2D eigenvalue weighted by Crippen LogP contribution is -2.38. The van der Waals surface area contributed by atoms with E-state index >= 15 is 0 Å². The highest BCUT2D eigenvalue weighted by molar-refractivity contribution is 6.07. The monoisotopic (exact) mass is 253 g/mol. The van der Waals surface area contributed by atoms with Crippen LogP contribution in [0.5, 0.6) is 0 Å². The van der Waals surface area contributed by atoms with E-state index in [1.54, 1.807) is 4.90 Å². The van der Waals surface area contributed by atoms with Crippen LogP contribution in [-0.2, 0) is 4.79 Å². The van der Waals surface area contributed by atoms with Crippen molar-refractivity contribution in [3.05, 3.63) is 48.0 Å². The van der Waals surface area contributed by atoms with Gasteiger partial charge in [-0.05, 0) is 16.8 Å². The topological polar surface area (TPSA) is 37.4 Å². The molecule has 0 aliphatic carbocycles. The van der Waals surface area contributed by atoms with Crippen molar-refractivity contribution in [2.75, 3.05) is 13.1 Å². The van der Waals surface area contributed by atoms with E-state index in [4.69, 9.17) is 0 Å². The SMILES string of the molecule is O=C1CCN(C(=O)c2cccc3ccccc23)CC1. The molecule has 2 aromatic carbocycles. The Balaban J connectivity index is 1.95. The Hall–Kier alpha value is -2.16. The molecule has 1 aliphatic rings. The number of benzene rings is 2. The Labute approximate surface area is 111 Å². The van der Waals surface area contributed by atoms with Gasteiger partial charge in [0.25, 0.3) is 5.91 Å². The third-order valence-corrected chi connectivity index (χ3v) is 3.63. The molecule has 19 heavy (non-hydrogen) atoms. The largest absolute Gasteiger partial charge is 0.338 e. The summed E-state index contributed by atoms with van der Waals surface area (Å²) in [6.45, 7) is 1.09. The number of fused-ring (bicyclic) bond motifs is 1. The highest BCUT2D eigenvalue weighted by atomic mass is 16.2. The van der Waals surface area contributed by atoms with E-state index in [-0.39, 0.29) is 11.7 Å². The van der Waals surface area contributed by atoms with Crippen molar-refractivity contribution < 1.29 is 9.59 Å². The molecule has 2 aromatic rings. The predicted molar refractivity (Wildman–Crippen MR) is 74.1 cm³/mol. The van der Waals surface area contributed by atoms with Crippen molar-refractivity contribution in [3.8, 4) is 0 Å². The minimum Gasteiger partial charge on any atom is -0.338 e. The van der Waals surface area contributed by atoms with Crippen molar-refractivity contribution in [3.63, 3.8) is 0 Å². The van der Waals surface area contributed by atoms with Crippen LogP contribution < -0.4 is 0 Å². The summed E-state index contributed by atoms with van der Waals surface area (Å²) in [6, 6.07) is 13.7. The highest BCUT2D eigenvalue weighted by Crippen LogP contribution is 2.21. The molecule has 1 aliphatic heterocycles. The standard InChI is InChI=1S/C16H15NO2/c18-13-8-10-17(11-9-13)16(19)15-7-3-5-12-4-1-2-6-14(12)15/h1-7H,8-11H2. The molecule has 0 unspecified atom stereocenters. The van der Waals surface area contributed by atoms with Gasteiger partial charge < -0.3 is 4.90 Å².